The van der Waals surface area contributed by atoms with Crippen LogP contribution < -0.4 is 5.32 Å². The number of benzene rings is 1. The van der Waals surface area contributed by atoms with E-state index in [9.17, 15) is 0 Å². The fraction of sp³-hybridized carbons (Fsp3) is 0.538. The SMILES string of the molecule is Clc1ccc(NCCOCC2CCCO2)cc1. The van der Waals surface area contributed by atoms with Crippen LogP contribution in [0.5, 0.6) is 0 Å². The van der Waals surface area contributed by atoms with Crippen LogP contribution in [0.25, 0.3) is 0 Å². The van der Waals surface area contributed by atoms with E-state index in [-0.39, 0.29) is 0 Å². The van der Waals surface area contributed by atoms with Gasteiger partial charge in [-0.3, -0.25) is 0 Å². The molecule has 17 heavy (non-hydrogen) atoms. The predicted octanol–water partition coefficient (Wildman–Crippen LogP) is 2.95. The Hall–Kier alpha value is -0.770. The summed E-state index contributed by atoms with van der Waals surface area (Å²) >= 11 is 5.80. The molecule has 1 aromatic carbocycles. The molecule has 1 heterocycles. The number of anilines is 1. The third-order valence-electron chi connectivity index (χ3n) is 2.75. The maximum Gasteiger partial charge on any atom is 0.0809 e. The van der Waals surface area contributed by atoms with Gasteiger partial charge in [0.25, 0.3) is 0 Å². The van der Waals surface area contributed by atoms with Crippen molar-refractivity contribution >= 4 is 17.3 Å². The predicted molar refractivity (Wildman–Crippen MR) is 69.7 cm³/mol. The molecular formula is C13H18ClNO2. The molecule has 1 aliphatic heterocycles. The first-order chi connectivity index (χ1) is 8.34. The maximum atomic E-state index is 5.80. The van der Waals surface area contributed by atoms with Crippen molar-refractivity contribution in [1.82, 2.24) is 0 Å². The molecule has 1 unspecified atom stereocenters. The Kier molecular flexibility index (Phi) is 5.10. The van der Waals surface area contributed by atoms with Crippen molar-refractivity contribution in [1.29, 1.82) is 0 Å². The third kappa shape index (κ3) is 4.54. The summed E-state index contributed by atoms with van der Waals surface area (Å²) in [6.07, 6.45) is 2.60. The first-order valence-electron chi connectivity index (χ1n) is 6.03. The van der Waals surface area contributed by atoms with Crippen LogP contribution in [0.1, 0.15) is 12.8 Å². The summed E-state index contributed by atoms with van der Waals surface area (Å²) in [5, 5.41) is 4.03. The Morgan fingerprint density at radius 3 is 2.88 bits per heavy atom. The van der Waals surface area contributed by atoms with Gasteiger partial charge < -0.3 is 14.8 Å². The molecule has 3 nitrogen and oxygen atoms in total. The molecule has 4 heteroatoms. The van der Waals surface area contributed by atoms with E-state index in [4.69, 9.17) is 21.1 Å². The van der Waals surface area contributed by atoms with Crippen LogP contribution in [0.3, 0.4) is 0 Å². The lowest BCUT2D eigenvalue weighted by molar-refractivity contribution is 0.0206. The molecular weight excluding hydrogens is 238 g/mol. The highest BCUT2D eigenvalue weighted by Gasteiger charge is 2.14. The van der Waals surface area contributed by atoms with Gasteiger partial charge in [0.15, 0.2) is 0 Å². The zero-order valence-electron chi connectivity index (χ0n) is 9.82. The number of ether oxygens (including phenoxy) is 2. The zero-order chi connectivity index (χ0) is 11.9. The van der Waals surface area contributed by atoms with Crippen molar-refractivity contribution < 1.29 is 9.47 Å². The summed E-state index contributed by atoms with van der Waals surface area (Å²) in [4.78, 5) is 0. The van der Waals surface area contributed by atoms with Gasteiger partial charge in [-0.1, -0.05) is 11.6 Å². The maximum absolute atomic E-state index is 5.80. The monoisotopic (exact) mass is 255 g/mol. The number of hydrogen-bond donors (Lipinski definition) is 1. The van der Waals surface area contributed by atoms with Crippen LogP contribution in [0.4, 0.5) is 5.69 Å². The lowest BCUT2D eigenvalue weighted by Gasteiger charge is -2.11. The van der Waals surface area contributed by atoms with Gasteiger partial charge in [-0.2, -0.15) is 0 Å². The molecule has 1 N–H and O–H groups in total. The van der Waals surface area contributed by atoms with Gasteiger partial charge in [0.05, 0.1) is 19.3 Å². The lowest BCUT2D eigenvalue weighted by atomic mass is 10.2. The zero-order valence-corrected chi connectivity index (χ0v) is 10.6. The van der Waals surface area contributed by atoms with Gasteiger partial charge >= 0.3 is 0 Å². The minimum Gasteiger partial charge on any atom is -0.383 e. The molecule has 1 aliphatic rings. The topological polar surface area (TPSA) is 30.5 Å². The Morgan fingerprint density at radius 2 is 2.18 bits per heavy atom. The van der Waals surface area contributed by atoms with Gasteiger partial charge in [0.2, 0.25) is 0 Å². The fourth-order valence-electron chi connectivity index (χ4n) is 1.83. The highest BCUT2D eigenvalue weighted by molar-refractivity contribution is 6.30. The highest BCUT2D eigenvalue weighted by Crippen LogP contribution is 2.13. The second-order valence-electron chi connectivity index (χ2n) is 4.14. The lowest BCUT2D eigenvalue weighted by Crippen LogP contribution is -2.17. The number of rotatable bonds is 6. The number of nitrogens with one attached hydrogen (secondary N) is 1. The largest absolute Gasteiger partial charge is 0.383 e. The third-order valence-corrected chi connectivity index (χ3v) is 3.00. The Balaban J connectivity index is 1.55. The molecule has 0 bridgehead atoms. The molecule has 1 aromatic rings. The minimum absolute atomic E-state index is 0.311. The van der Waals surface area contributed by atoms with Gasteiger partial charge in [0.1, 0.15) is 0 Å². The van der Waals surface area contributed by atoms with E-state index in [1.807, 2.05) is 24.3 Å². The summed E-state index contributed by atoms with van der Waals surface area (Å²) < 4.78 is 11.0. The van der Waals surface area contributed by atoms with E-state index >= 15 is 0 Å². The minimum atomic E-state index is 0.311. The van der Waals surface area contributed by atoms with Crippen molar-refractivity contribution in [3.8, 4) is 0 Å². The highest BCUT2D eigenvalue weighted by atomic mass is 35.5. The average molecular weight is 256 g/mol. The molecule has 1 saturated heterocycles. The summed E-state index contributed by atoms with van der Waals surface area (Å²) in [7, 11) is 0. The standard InChI is InChI=1S/C13H18ClNO2/c14-11-3-5-12(6-4-11)15-7-9-16-10-13-2-1-8-17-13/h3-6,13,15H,1-2,7-10H2. The number of halogens is 1. The fourth-order valence-corrected chi connectivity index (χ4v) is 1.95. The summed E-state index contributed by atoms with van der Waals surface area (Å²) in [5.41, 5.74) is 1.06. The molecule has 0 aliphatic carbocycles. The van der Waals surface area contributed by atoms with Crippen molar-refractivity contribution in [2.24, 2.45) is 0 Å². The van der Waals surface area contributed by atoms with Gasteiger partial charge in [-0.15, -0.1) is 0 Å². The molecule has 0 saturated carbocycles. The molecule has 0 radical (unpaired) electrons. The quantitative estimate of drug-likeness (QED) is 0.793. The van der Waals surface area contributed by atoms with E-state index < -0.39 is 0 Å². The van der Waals surface area contributed by atoms with E-state index in [2.05, 4.69) is 5.32 Å². The van der Waals surface area contributed by atoms with Crippen LogP contribution in [-0.2, 0) is 9.47 Å². The van der Waals surface area contributed by atoms with Crippen LogP contribution in [-0.4, -0.2) is 32.5 Å². The Morgan fingerprint density at radius 1 is 1.35 bits per heavy atom. The first-order valence-corrected chi connectivity index (χ1v) is 6.41. The first kappa shape index (κ1) is 12.7. The molecule has 2 rings (SSSR count). The van der Waals surface area contributed by atoms with E-state index in [1.165, 1.54) is 0 Å². The van der Waals surface area contributed by atoms with Crippen molar-refractivity contribution in [3.63, 3.8) is 0 Å². The molecule has 1 fully saturated rings. The van der Waals surface area contributed by atoms with E-state index in [0.29, 0.717) is 19.3 Å². The van der Waals surface area contributed by atoms with Crippen LogP contribution >= 0.6 is 11.6 Å². The molecule has 0 amide bonds. The van der Waals surface area contributed by atoms with Gasteiger partial charge in [-0.05, 0) is 37.1 Å². The van der Waals surface area contributed by atoms with Crippen LogP contribution in [0.15, 0.2) is 24.3 Å². The normalized spacial score (nSPS) is 19.5. The molecule has 94 valence electrons. The summed E-state index contributed by atoms with van der Waals surface area (Å²) in [6.45, 7) is 3.09. The van der Waals surface area contributed by atoms with Crippen LogP contribution in [0.2, 0.25) is 5.02 Å². The van der Waals surface area contributed by atoms with Gasteiger partial charge in [-0.25, -0.2) is 0 Å². The molecule has 0 spiro atoms. The molecule has 0 aromatic heterocycles. The Bertz CT molecular complexity index is 323. The van der Waals surface area contributed by atoms with E-state index in [0.717, 1.165) is 36.7 Å². The summed E-state index contributed by atoms with van der Waals surface area (Å²) in [6, 6.07) is 7.67. The smallest absolute Gasteiger partial charge is 0.0809 e. The second kappa shape index (κ2) is 6.84. The van der Waals surface area contributed by atoms with Crippen molar-refractivity contribution in [2.75, 3.05) is 31.7 Å². The molecule has 1 atom stereocenters. The van der Waals surface area contributed by atoms with Gasteiger partial charge in [0, 0.05) is 23.9 Å². The second-order valence-corrected chi connectivity index (χ2v) is 4.58. The Labute approximate surface area is 107 Å². The number of hydrogen-bond acceptors (Lipinski definition) is 3. The van der Waals surface area contributed by atoms with Crippen molar-refractivity contribution in [2.45, 2.75) is 18.9 Å². The summed E-state index contributed by atoms with van der Waals surface area (Å²) in [5.74, 6) is 0. The van der Waals surface area contributed by atoms with Crippen molar-refractivity contribution in [3.05, 3.63) is 29.3 Å². The average Bonchev–Trinajstić information content (AvgIpc) is 2.84. The van der Waals surface area contributed by atoms with E-state index in [1.54, 1.807) is 0 Å². The van der Waals surface area contributed by atoms with Crippen LogP contribution in [0, 0.1) is 0 Å².